The number of nitrogens with one attached hydrogen (secondary N) is 1. The molecule has 1 N–H and O–H groups in total. The molecule has 0 spiro atoms. The highest BCUT2D eigenvalue weighted by Crippen LogP contribution is 2.28. The molecule has 7 nitrogen and oxygen atoms in total. The second-order valence-electron chi connectivity index (χ2n) is 10.4. The average molecular weight is 619 g/mol. The predicted octanol–water partition coefficient (Wildman–Crippen LogP) is 6.45. The highest BCUT2D eigenvalue weighted by Gasteiger charge is 2.33. The van der Waals surface area contributed by atoms with Crippen molar-refractivity contribution < 1.29 is 18.0 Å². The molecule has 2 amide bonds. The Bertz CT molecular complexity index is 1510. The second-order valence-corrected chi connectivity index (χ2v) is 13.0. The quantitative estimate of drug-likeness (QED) is 0.268. The monoisotopic (exact) mass is 617 g/mol. The normalized spacial score (nSPS) is 12.9. The van der Waals surface area contributed by atoms with Crippen LogP contribution in [0.15, 0.2) is 65.6 Å². The minimum absolute atomic E-state index is 0.0240. The fraction of sp³-hybridized carbons (Fsp3) is 0.355. The first-order valence-corrected chi connectivity index (χ1v) is 15.6. The first-order valence-electron chi connectivity index (χ1n) is 13.4. The van der Waals surface area contributed by atoms with Crippen LogP contribution in [-0.2, 0) is 26.2 Å². The Morgan fingerprint density at radius 1 is 0.878 bits per heavy atom. The van der Waals surface area contributed by atoms with Gasteiger partial charge in [-0.25, -0.2) is 8.42 Å². The van der Waals surface area contributed by atoms with Crippen molar-refractivity contribution in [3.05, 3.63) is 93.0 Å². The summed E-state index contributed by atoms with van der Waals surface area (Å²) in [4.78, 5) is 28.7. The lowest BCUT2D eigenvalue weighted by atomic mass is 10.1. The van der Waals surface area contributed by atoms with Crippen molar-refractivity contribution in [2.45, 2.75) is 71.5 Å². The maximum absolute atomic E-state index is 14.0. The van der Waals surface area contributed by atoms with Crippen LogP contribution in [0, 0.1) is 20.8 Å². The Labute approximate surface area is 253 Å². The molecule has 0 bridgehead atoms. The van der Waals surface area contributed by atoms with Crippen LogP contribution in [0.4, 0.5) is 5.69 Å². The number of nitrogens with zero attached hydrogens (tertiary/aromatic N) is 2. The van der Waals surface area contributed by atoms with E-state index < -0.39 is 28.5 Å². The number of hydrogen-bond acceptors (Lipinski definition) is 4. The van der Waals surface area contributed by atoms with Crippen LogP contribution in [0.3, 0.4) is 0 Å². The Balaban J connectivity index is 2.06. The van der Waals surface area contributed by atoms with E-state index >= 15 is 0 Å². The zero-order valence-electron chi connectivity index (χ0n) is 24.2. The van der Waals surface area contributed by atoms with E-state index in [-0.39, 0.29) is 23.4 Å². The fourth-order valence-electron chi connectivity index (χ4n) is 4.13. The molecule has 0 fully saturated rings. The molecule has 0 unspecified atom stereocenters. The van der Waals surface area contributed by atoms with Gasteiger partial charge in [0.25, 0.3) is 10.0 Å². The molecule has 0 saturated carbocycles. The van der Waals surface area contributed by atoms with E-state index in [9.17, 15) is 18.0 Å². The Hall–Kier alpha value is -3.07. The lowest BCUT2D eigenvalue weighted by molar-refractivity contribution is -0.139. The zero-order chi connectivity index (χ0) is 30.5. The van der Waals surface area contributed by atoms with E-state index in [1.165, 1.54) is 17.0 Å². The van der Waals surface area contributed by atoms with Crippen molar-refractivity contribution in [3.63, 3.8) is 0 Å². The van der Waals surface area contributed by atoms with Gasteiger partial charge in [0.15, 0.2) is 0 Å². The molecular weight excluding hydrogens is 581 g/mol. The SMILES string of the molecule is CC[C@H](C)NC(=O)[C@H](C)N(Cc1ccc(Cl)c(Cl)c1)C(=O)CN(c1ccc(C)c(C)c1)S(=O)(=O)c1ccc(C)cc1. The van der Waals surface area contributed by atoms with Crippen LogP contribution in [0.25, 0.3) is 0 Å². The molecule has 3 rings (SSSR count). The number of amides is 2. The van der Waals surface area contributed by atoms with Crippen molar-refractivity contribution in [3.8, 4) is 0 Å². The molecule has 220 valence electrons. The van der Waals surface area contributed by atoms with Gasteiger partial charge in [0, 0.05) is 12.6 Å². The lowest BCUT2D eigenvalue weighted by Crippen LogP contribution is -2.52. The lowest BCUT2D eigenvalue weighted by Gasteiger charge is -2.32. The van der Waals surface area contributed by atoms with Crippen LogP contribution < -0.4 is 9.62 Å². The molecule has 0 radical (unpaired) electrons. The van der Waals surface area contributed by atoms with Gasteiger partial charge in [0.05, 0.1) is 20.6 Å². The van der Waals surface area contributed by atoms with E-state index in [4.69, 9.17) is 23.2 Å². The molecule has 0 aliphatic rings. The summed E-state index contributed by atoms with van der Waals surface area (Å²) in [5, 5.41) is 3.59. The minimum atomic E-state index is -4.14. The maximum atomic E-state index is 14.0. The molecule has 0 saturated heterocycles. The summed E-state index contributed by atoms with van der Waals surface area (Å²) < 4.78 is 29.0. The average Bonchev–Trinajstić information content (AvgIpc) is 2.93. The highest BCUT2D eigenvalue weighted by molar-refractivity contribution is 7.92. The Kier molecular flexibility index (Phi) is 10.9. The summed E-state index contributed by atoms with van der Waals surface area (Å²) in [6.45, 7) is 10.7. The largest absolute Gasteiger partial charge is 0.352 e. The van der Waals surface area contributed by atoms with Gasteiger partial charge in [-0.15, -0.1) is 0 Å². The van der Waals surface area contributed by atoms with E-state index in [1.807, 2.05) is 40.7 Å². The topological polar surface area (TPSA) is 86.8 Å². The third kappa shape index (κ3) is 8.03. The summed E-state index contributed by atoms with van der Waals surface area (Å²) >= 11 is 12.3. The Morgan fingerprint density at radius 3 is 2.12 bits per heavy atom. The number of anilines is 1. The van der Waals surface area contributed by atoms with E-state index in [0.29, 0.717) is 27.7 Å². The Morgan fingerprint density at radius 2 is 1.54 bits per heavy atom. The van der Waals surface area contributed by atoms with Gasteiger partial charge in [-0.3, -0.25) is 13.9 Å². The van der Waals surface area contributed by atoms with E-state index in [0.717, 1.165) is 21.0 Å². The third-order valence-electron chi connectivity index (χ3n) is 7.17. The van der Waals surface area contributed by atoms with Crippen molar-refractivity contribution in [2.24, 2.45) is 0 Å². The molecule has 41 heavy (non-hydrogen) atoms. The standard InChI is InChI=1S/C31H37Cl2N3O4S/c1-7-23(5)34-31(38)24(6)35(18-25-11-15-28(32)29(33)17-25)30(37)19-36(26-12-10-21(3)22(4)16-26)41(39,40)27-13-8-20(2)9-14-27/h8-17,23-24H,7,18-19H2,1-6H3,(H,34,38)/t23-,24-/m0/s1. The van der Waals surface area contributed by atoms with Crippen molar-refractivity contribution in [1.29, 1.82) is 0 Å². The van der Waals surface area contributed by atoms with Crippen LogP contribution in [0.1, 0.15) is 49.4 Å². The molecular formula is C31H37Cl2N3O4S. The van der Waals surface area contributed by atoms with Gasteiger partial charge < -0.3 is 10.2 Å². The van der Waals surface area contributed by atoms with E-state index in [1.54, 1.807) is 49.4 Å². The molecule has 3 aromatic rings. The van der Waals surface area contributed by atoms with Gasteiger partial charge in [0.2, 0.25) is 11.8 Å². The number of carbonyl (C=O) groups is 2. The molecule has 0 aliphatic carbocycles. The van der Waals surface area contributed by atoms with Gasteiger partial charge in [-0.2, -0.15) is 0 Å². The van der Waals surface area contributed by atoms with Crippen LogP contribution >= 0.6 is 23.2 Å². The number of carbonyl (C=O) groups excluding carboxylic acids is 2. The number of benzene rings is 3. The minimum Gasteiger partial charge on any atom is -0.352 e. The van der Waals surface area contributed by atoms with Crippen LogP contribution in [0.2, 0.25) is 10.0 Å². The smallest absolute Gasteiger partial charge is 0.264 e. The zero-order valence-corrected chi connectivity index (χ0v) is 26.6. The third-order valence-corrected chi connectivity index (χ3v) is 9.70. The summed E-state index contributed by atoms with van der Waals surface area (Å²) in [6.07, 6.45) is 0.717. The summed E-state index contributed by atoms with van der Waals surface area (Å²) in [6, 6.07) is 15.7. The van der Waals surface area contributed by atoms with E-state index in [2.05, 4.69) is 5.32 Å². The van der Waals surface area contributed by atoms with Crippen molar-refractivity contribution in [2.75, 3.05) is 10.8 Å². The molecule has 10 heteroatoms. The second kappa shape index (κ2) is 13.7. The van der Waals surface area contributed by atoms with Gasteiger partial charge in [-0.05, 0) is 94.1 Å². The van der Waals surface area contributed by atoms with Crippen LogP contribution in [-0.4, -0.2) is 43.8 Å². The molecule has 2 atom stereocenters. The number of hydrogen-bond donors (Lipinski definition) is 1. The summed E-state index contributed by atoms with van der Waals surface area (Å²) in [7, 11) is -4.14. The first kappa shape index (κ1) is 32.4. The van der Waals surface area contributed by atoms with Gasteiger partial charge in [0.1, 0.15) is 12.6 Å². The summed E-state index contributed by atoms with van der Waals surface area (Å²) in [5.41, 5.74) is 3.78. The molecule has 3 aromatic carbocycles. The molecule has 0 aliphatic heterocycles. The highest BCUT2D eigenvalue weighted by atomic mass is 35.5. The molecule has 0 heterocycles. The van der Waals surface area contributed by atoms with Gasteiger partial charge >= 0.3 is 0 Å². The number of rotatable bonds is 11. The van der Waals surface area contributed by atoms with Gasteiger partial charge in [-0.1, -0.05) is 60.0 Å². The van der Waals surface area contributed by atoms with Crippen LogP contribution in [0.5, 0.6) is 0 Å². The number of aryl methyl sites for hydroxylation is 3. The number of halogens is 2. The predicted molar refractivity (Wildman–Crippen MR) is 166 cm³/mol. The van der Waals surface area contributed by atoms with Crippen molar-refractivity contribution >= 4 is 50.7 Å². The molecule has 0 aromatic heterocycles. The fourth-order valence-corrected chi connectivity index (χ4v) is 5.86. The summed E-state index contributed by atoms with van der Waals surface area (Å²) in [5.74, 6) is -0.885. The number of sulfonamides is 1. The first-order chi connectivity index (χ1) is 19.2. The van der Waals surface area contributed by atoms with Crippen molar-refractivity contribution in [1.82, 2.24) is 10.2 Å². The maximum Gasteiger partial charge on any atom is 0.264 e.